The Morgan fingerprint density at radius 2 is 1.83 bits per heavy atom. The van der Waals surface area contributed by atoms with Crippen LogP contribution in [0.2, 0.25) is 0 Å². The molecule has 0 fully saturated rings. The molecule has 0 heterocycles. The average Bonchev–Trinajstić information content (AvgIpc) is 2.39. The van der Waals surface area contributed by atoms with Gasteiger partial charge < -0.3 is 4.74 Å². The third kappa shape index (κ3) is 2.25. The minimum absolute atomic E-state index is 0.336. The normalized spacial score (nSPS) is 10.2. The van der Waals surface area contributed by atoms with E-state index in [0.29, 0.717) is 17.4 Å². The van der Waals surface area contributed by atoms with Gasteiger partial charge in [0.2, 0.25) is 0 Å². The minimum Gasteiger partial charge on any atom is -0.497 e. The lowest BCUT2D eigenvalue weighted by Crippen LogP contribution is -1.91. The number of carbonyl (C=O) groups excluding carboxylic acids is 1. The van der Waals surface area contributed by atoms with Crippen molar-refractivity contribution in [2.24, 2.45) is 0 Å². The van der Waals surface area contributed by atoms with Crippen LogP contribution in [0.4, 0.5) is 4.39 Å². The van der Waals surface area contributed by atoms with Crippen LogP contribution in [0.3, 0.4) is 0 Å². The summed E-state index contributed by atoms with van der Waals surface area (Å²) in [6, 6.07) is 9.92. The highest BCUT2D eigenvalue weighted by molar-refractivity contribution is 5.78. The fraction of sp³-hybridized carbons (Fsp3) is 0.133. The van der Waals surface area contributed by atoms with E-state index in [1.165, 1.54) is 6.07 Å². The summed E-state index contributed by atoms with van der Waals surface area (Å²) in [6.07, 6.45) is 0.633. The standard InChI is InChI=1S/C15H13FO2/c1-10-7-12(18-2)4-6-13(10)14-5-3-11(9-17)8-15(14)16/h3-9H,1-2H3. The predicted octanol–water partition coefficient (Wildman–Crippen LogP) is 3.62. The van der Waals surface area contributed by atoms with Crippen LogP contribution in [0.25, 0.3) is 11.1 Å². The molecule has 0 bridgehead atoms. The van der Waals surface area contributed by atoms with E-state index in [9.17, 15) is 9.18 Å². The highest BCUT2D eigenvalue weighted by Gasteiger charge is 2.09. The van der Waals surface area contributed by atoms with Gasteiger partial charge in [0, 0.05) is 11.1 Å². The lowest BCUT2D eigenvalue weighted by Gasteiger charge is -2.09. The summed E-state index contributed by atoms with van der Waals surface area (Å²) in [5.41, 5.74) is 2.54. The van der Waals surface area contributed by atoms with Crippen LogP contribution in [0.15, 0.2) is 36.4 Å². The van der Waals surface area contributed by atoms with Gasteiger partial charge in [-0.15, -0.1) is 0 Å². The second kappa shape index (κ2) is 5.00. The topological polar surface area (TPSA) is 26.3 Å². The molecule has 0 saturated carbocycles. The molecule has 2 aromatic carbocycles. The van der Waals surface area contributed by atoms with Crippen LogP contribution in [0.1, 0.15) is 15.9 Å². The van der Waals surface area contributed by atoms with Crippen molar-refractivity contribution in [2.75, 3.05) is 7.11 Å². The Hall–Kier alpha value is -2.16. The predicted molar refractivity (Wildman–Crippen MR) is 68.5 cm³/mol. The zero-order chi connectivity index (χ0) is 13.1. The van der Waals surface area contributed by atoms with Gasteiger partial charge in [-0.3, -0.25) is 4.79 Å². The third-order valence-corrected chi connectivity index (χ3v) is 2.85. The molecule has 0 amide bonds. The molecule has 3 heteroatoms. The zero-order valence-corrected chi connectivity index (χ0v) is 10.2. The van der Waals surface area contributed by atoms with E-state index in [2.05, 4.69) is 0 Å². The van der Waals surface area contributed by atoms with Gasteiger partial charge >= 0.3 is 0 Å². The number of rotatable bonds is 3. The number of hydrogen-bond acceptors (Lipinski definition) is 2. The van der Waals surface area contributed by atoms with Crippen molar-refractivity contribution in [1.82, 2.24) is 0 Å². The van der Waals surface area contributed by atoms with Crippen molar-refractivity contribution >= 4 is 6.29 Å². The molecule has 0 N–H and O–H groups in total. The molecular formula is C15H13FO2. The first-order chi connectivity index (χ1) is 8.65. The summed E-state index contributed by atoms with van der Waals surface area (Å²) in [5.74, 6) is 0.342. The molecule has 0 aliphatic heterocycles. The lowest BCUT2D eigenvalue weighted by molar-refractivity contribution is 0.112. The fourth-order valence-corrected chi connectivity index (χ4v) is 1.89. The SMILES string of the molecule is COc1ccc(-c2ccc(C=O)cc2F)c(C)c1. The van der Waals surface area contributed by atoms with E-state index in [-0.39, 0.29) is 0 Å². The Kier molecular flexibility index (Phi) is 3.42. The molecule has 0 spiro atoms. The largest absolute Gasteiger partial charge is 0.497 e. The van der Waals surface area contributed by atoms with Gasteiger partial charge in [-0.2, -0.15) is 0 Å². The Balaban J connectivity index is 2.51. The van der Waals surface area contributed by atoms with Crippen molar-refractivity contribution in [2.45, 2.75) is 6.92 Å². The first-order valence-corrected chi connectivity index (χ1v) is 5.55. The van der Waals surface area contributed by atoms with Gasteiger partial charge in [-0.05, 0) is 36.2 Å². The molecule has 0 saturated heterocycles. The molecule has 0 aliphatic rings. The summed E-state index contributed by atoms with van der Waals surface area (Å²) in [5, 5.41) is 0. The Labute approximate surface area is 105 Å². The van der Waals surface area contributed by atoms with Gasteiger partial charge in [0.05, 0.1) is 7.11 Å². The van der Waals surface area contributed by atoms with E-state index in [1.54, 1.807) is 25.3 Å². The van der Waals surface area contributed by atoms with Gasteiger partial charge in [0.15, 0.2) is 0 Å². The lowest BCUT2D eigenvalue weighted by atomic mass is 9.99. The number of carbonyl (C=O) groups is 1. The van der Waals surface area contributed by atoms with E-state index < -0.39 is 5.82 Å². The minimum atomic E-state index is -0.395. The van der Waals surface area contributed by atoms with Gasteiger partial charge in [-0.1, -0.05) is 18.2 Å². The maximum Gasteiger partial charge on any atom is 0.150 e. The summed E-state index contributed by atoms with van der Waals surface area (Å²) in [6.45, 7) is 1.89. The molecule has 0 aliphatic carbocycles. The number of ether oxygens (including phenoxy) is 1. The van der Waals surface area contributed by atoms with Crippen LogP contribution in [-0.4, -0.2) is 13.4 Å². The van der Waals surface area contributed by atoms with Gasteiger partial charge in [0.1, 0.15) is 17.9 Å². The molecule has 0 radical (unpaired) electrons. The molecule has 0 aromatic heterocycles. The van der Waals surface area contributed by atoms with Gasteiger partial charge in [-0.25, -0.2) is 4.39 Å². The molecule has 2 nitrogen and oxygen atoms in total. The highest BCUT2D eigenvalue weighted by atomic mass is 19.1. The molecule has 0 atom stereocenters. The number of hydrogen-bond donors (Lipinski definition) is 0. The van der Waals surface area contributed by atoms with Crippen molar-refractivity contribution in [1.29, 1.82) is 0 Å². The van der Waals surface area contributed by atoms with Crippen molar-refractivity contribution < 1.29 is 13.9 Å². The molecule has 92 valence electrons. The summed E-state index contributed by atoms with van der Waals surface area (Å²) in [4.78, 5) is 10.6. The van der Waals surface area contributed by atoms with Crippen molar-refractivity contribution in [3.05, 3.63) is 53.3 Å². The maximum absolute atomic E-state index is 13.9. The van der Waals surface area contributed by atoms with E-state index in [0.717, 1.165) is 16.9 Å². The molecular weight excluding hydrogens is 231 g/mol. The number of halogens is 1. The Bertz CT molecular complexity index is 591. The highest BCUT2D eigenvalue weighted by Crippen LogP contribution is 2.29. The van der Waals surface area contributed by atoms with E-state index in [1.807, 2.05) is 19.1 Å². The summed E-state index contributed by atoms with van der Waals surface area (Å²) >= 11 is 0. The molecule has 0 unspecified atom stereocenters. The van der Waals surface area contributed by atoms with Crippen LogP contribution in [0, 0.1) is 12.7 Å². The zero-order valence-electron chi connectivity index (χ0n) is 10.2. The maximum atomic E-state index is 13.9. The second-order valence-electron chi connectivity index (χ2n) is 4.04. The fourth-order valence-electron chi connectivity index (χ4n) is 1.89. The first-order valence-electron chi connectivity index (χ1n) is 5.55. The van der Waals surface area contributed by atoms with Crippen LogP contribution < -0.4 is 4.74 Å². The van der Waals surface area contributed by atoms with Crippen molar-refractivity contribution in [3.63, 3.8) is 0 Å². The third-order valence-electron chi connectivity index (χ3n) is 2.85. The van der Waals surface area contributed by atoms with Crippen molar-refractivity contribution in [3.8, 4) is 16.9 Å². The smallest absolute Gasteiger partial charge is 0.150 e. The number of aldehydes is 1. The molecule has 2 rings (SSSR count). The summed E-state index contributed by atoms with van der Waals surface area (Å²) < 4.78 is 19.0. The first kappa shape index (κ1) is 12.3. The quantitative estimate of drug-likeness (QED) is 0.771. The van der Waals surface area contributed by atoms with Crippen LogP contribution in [-0.2, 0) is 0 Å². The van der Waals surface area contributed by atoms with Crippen LogP contribution >= 0.6 is 0 Å². The monoisotopic (exact) mass is 244 g/mol. The molecule has 2 aromatic rings. The Morgan fingerprint density at radius 3 is 2.39 bits per heavy atom. The van der Waals surface area contributed by atoms with Crippen LogP contribution in [0.5, 0.6) is 5.75 Å². The number of benzene rings is 2. The van der Waals surface area contributed by atoms with Gasteiger partial charge in [0.25, 0.3) is 0 Å². The number of methoxy groups -OCH3 is 1. The number of aryl methyl sites for hydroxylation is 1. The van der Waals surface area contributed by atoms with E-state index >= 15 is 0 Å². The Morgan fingerprint density at radius 1 is 1.11 bits per heavy atom. The molecule has 18 heavy (non-hydrogen) atoms. The second-order valence-corrected chi connectivity index (χ2v) is 4.04. The average molecular weight is 244 g/mol. The summed E-state index contributed by atoms with van der Waals surface area (Å²) in [7, 11) is 1.59. The van der Waals surface area contributed by atoms with E-state index in [4.69, 9.17) is 4.74 Å².